The van der Waals surface area contributed by atoms with Gasteiger partial charge in [0.15, 0.2) is 0 Å². The minimum atomic E-state index is -0.309. The van der Waals surface area contributed by atoms with Gasteiger partial charge in [-0.25, -0.2) is 0 Å². The van der Waals surface area contributed by atoms with E-state index in [1.165, 1.54) is 43.9 Å². The maximum atomic E-state index is 10.3. The van der Waals surface area contributed by atoms with Gasteiger partial charge in [0, 0.05) is 11.5 Å². The molecule has 0 amide bonds. The van der Waals surface area contributed by atoms with Crippen molar-refractivity contribution >= 4 is 16.8 Å². The van der Waals surface area contributed by atoms with Gasteiger partial charge in [0.1, 0.15) is 5.04 Å². The average Bonchev–Trinajstić information content (AvgIpc) is 2.25. The summed E-state index contributed by atoms with van der Waals surface area (Å²) >= 11 is 1.40. The molecular weight excluding hydrogens is 212 g/mol. The van der Waals surface area contributed by atoms with Crippen LogP contribution in [-0.2, 0) is 0 Å². The zero-order valence-electron chi connectivity index (χ0n) is 9.15. The van der Waals surface area contributed by atoms with Crippen molar-refractivity contribution in [1.82, 2.24) is 0 Å². The van der Waals surface area contributed by atoms with Crippen molar-refractivity contribution in [1.29, 1.82) is 0 Å². The van der Waals surface area contributed by atoms with Gasteiger partial charge in [0.05, 0.1) is 0 Å². The summed E-state index contributed by atoms with van der Waals surface area (Å²) in [5, 5.41) is 11.0. The molecule has 0 aliphatic heterocycles. The highest BCUT2D eigenvalue weighted by atomic mass is 32.2. The van der Waals surface area contributed by atoms with Crippen LogP contribution in [0.1, 0.15) is 32.1 Å². The Hall–Kier alpha value is -0.580. The normalized spacial score (nSPS) is 19.1. The molecule has 1 saturated carbocycles. The molecule has 0 spiro atoms. The molecule has 86 valence electrons. The second kappa shape index (κ2) is 6.82. The SMILES string of the molecule is CSC(C[N+](=O)[O-])=NCC1CCCCC1. The lowest BCUT2D eigenvalue weighted by molar-refractivity contribution is -0.462. The lowest BCUT2D eigenvalue weighted by atomic mass is 9.89. The summed E-state index contributed by atoms with van der Waals surface area (Å²) in [6.07, 6.45) is 8.26. The average molecular weight is 230 g/mol. The third-order valence-corrected chi connectivity index (χ3v) is 3.48. The molecule has 0 heterocycles. The second-order valence-electron chi connectivity index (χ2n) is 3.93. The summed E-state index contributed by atoms with van der Waals surface area (Å²) in [5.41, 5.74) is 0. The summed E-state index contributed by atoms with van der Waals surface area (Å²) in [6.45, 7) is 0.665. The van der Waals surface area contributed by atoms with E-state index in [9.17, 15) is 10.1 Å². The molecule has 1 aliphatic carbocycles. The molecule has 0 radical (unpaired) electrons. The van der Waals surface area contributed by atoms with E-state index in [1.54, 1.807) is 0 Å². The van der Waals surface area contributed by atoms with Crippen LogP contribution >= 0.6 is 11.8 Å². The van der Waals surface area contributed by atoms with Crippen LogP contribution in [0.3, 0.4) is 0 Å². The van der Waals surface area contributed by atoms with Gasteiger partial charge in [0.2, 0.25) is 0 Å². The maximum absolute atomic E-state index is 10.3. The fourth-order valence-corrected chi connectivity index (χ4v) is 2.33. The van der Waals surface area contributed by atoms with E-state index in [0.717, 1.165) is 6.54 Å². The highest BCUT2D eigenvalue weighted by Crippen LogP contribution is 2.23. The van der Waals surface area contributed by atoms with E-state index < -0.39 is 0 Å². The van der Waals surface area contributed by atoms with Crippen LogP contribution in [0.5, 0.6) is 0 Å². The molecule has 0 bridgehead atoms. The van der Waals surface area contributed by atoms with Crippen LogP contribution in [0.25, 0.3) is 0 Å². The number of hydrogen-bond acceptors (Lipinski definition) is 4. The van der Waals surface area contributed by atoms with Crippen molar-refractivity contribution in [2.45, 2.75) is 32.1 Å². The Balaban J connectivity index is 2.34. The number of aliphatic imine (C=N–C) groups is 1. The second-order valence-corrected chi connectivity index (χ2v) is 4.81. The first-order valence-electron chi connectivity index (χ1n) is 5.41. The van der Waals surface area contributed by atoms with Crippen LogP contribution in [-0.4, -0.2) is 29.3 Å². The lowest BCUT2D eigenvalue weighted by Crippen LogP contribution is -2.14. The molecule has 0 unspecified atom stereocenters. The Morgan fingerprint density at radius 1 is 1.47 bits per heavy atom. The molecule has 15 heavy (non-hydrogen) atoms. The Bertz CT molecular complexity index is 238. The summed E-state index contributed by atoms with van der Waals surface area (Å²) in [4.78, 5) is 14.4. The highest BCUT2D eigenvalue weighted by molar-refractivity contribution is 8.13. The standard InChI is InChI=1S/C10H18N2O2S/c1-15-10(8-12(13)14)11-7-9-5-3-2-4-6-9/h9H,2-8H2,1H3. The fourth-order valence-electron chi connectivity index (χ4n) is 1.89. The Morgan fingerprint density at radius 3 is 2.67 bits per heavy atom. The van der Waals surface area contributed by atoms with Crippen molar-refractivity contribution in [2.24, 2.45) is 10.9 Å². The molecular formula is C10H18N2O2S. The summed E-state index contributed by atoms with van der Waals surface area (Å²) in [6, 6.07) is 0. The molecule has 0 saturated heterocycles. The quantitative estimate of drug-likeness (QED) is 0.323. The van der Waals surface area contributed by atoms with Gasteiger partial charge in [0.25, 0.3) is 6.54 Å². The molecule has 5 heteroatoms. The van der Waals surface area contributed by atoms with Crippen LogP contribution in [0, 0.1) is 16.0 Å². The zero-order valence-corrected chi connectivity index (χ0v) is 9.96. The molecule has 0 atom stereocenters. The molecule has 0 N–H and O–H groups in total. The number of nitrogens with zero attached hydrogens (tertiary/aromatic N) is 2. The van der Waals surface area contributed by atoms with E-state index in [0.29, 0.717) is 11.0 Å². The Kier molecular flexibility index (Phi) is 5.68. The summed E-state index contributed by atoms with van der Waals surface area (Å²) < 4.78 is 0. The summed E-state index contributed by atoms with van der Waals surface area (Å²) in [7, 11) is 0. The first-order valence-corrected chi connectivity index (χ1v) is 6.64. The minimum absolute atomic E-state index is 0.117. The molecule has 4 nitrogen and oxygen atoms in total. The smallest absolute Gasteiger partial charge is 0.250 e. The zero-order chi connectivity index (χ0) is 11.1. The van der Waals surface area contributed by atoms with Gasteiger partial charge < -0.3 is 0 Å². The number of nitro groups is 1. The predicted octanol–water partition coefficient (Wildman–Crippen LogP) is 2.60. The van der Waals surface area contributed by atoms with Crippen molar-refractivity contribution in [3.63, 3.8) is 0 Å². The molecule has 0 aromatic heterocycles. The van der Waals surface area contributed by atoms with E-state index in [-0.39, 0.29) is 11.5 Å². The van der Waals surface area contributed by atoms with Gasteiger partial charge >= 0.3 is 0 Å². The van der Waals surface area contributed by atoms with Crippen LogP contribution in [0.2, 0.25) is 0 Å². The van der Waals surface area contributed by atoms with Crippen molar-refractivity contribution < 1.29 is 4.92 Å². The maximum Gasteiger partial charge on any atom is 0.250 e. The highest BCUT2D eigenvalue weighted by Gasteiger charge is 2.13. The van der Waals surface area contributed by atoms with Gasteiger partial charge in [-0.1, -0.05) is 19.3 Å². The number of thioether (sulfide) groups is 1. The molecule has 0 aromatic carbocycles. The van der Waals surface area contributed by atoms with E-state index in [4.69, 9.17) is 0 Å². The fraction of sp³-hybridized carbons (Fsp3) is 0.900. The van der Waals surface area contributed by atoms with Crippen molar-refractivity contribution in [3.8, 4) is 0 Å². The van der Waals surface area contributed by atoms with E-state index in [1.807, 2.05) is 6.26 Å². The molecule has 0 aromatic rings. The third-order valence-electron chi connectivity index (χ3n) is 2.75. The lowest BCUT2D eigenvalue weighted by Gasteiger charge is -2.19. The predicted molar refractivity (Wildman–Crippen MR) is 64.3 cm³/mol. The van der Waals surface area contributed by atoms with Crippen molar-refractivity contribution in [3.05, 3.63) is 10.1 Å². The van der Waals surface area contributed by atoms with Crippen molar-refractivity contribution in [2.75, 3.05) is 19.3 Å². The van der Waals surface area contributed by atoms with E-state index in [2.05, 4.69) is 4.99 Å². The van der Waals surface area contributed by atoms with Crippen LogP contribution in [0.15, 0.2) is 4.99 Å². The van der Waals surface area contributed by atoms with Crippen LogP contribution in [0.4, 0.5) is 0 Å². The molecule has 1 fully saturated rings. The van der Waals surface area contributed by atoms with Gasteiger partial charge in [-0.15, -0.1) is 11.8 Å². The molecule has 1 rings (SSSR count). The number of hydrogen-bond donors (Lipinski definition) is 0. The van der Waals surface area contributed by atoms with E-state index >= 15 is 0 Å². The monoisotopic (exact) mass is 230 g/mol. The topological polar surface area (TPSA) is 55.5 Å². The molecule has 1 aliphatic rings. The first-order chi connectivity index (χ1) is 7.22. The van der Waals surface area contributed by atoms with Gasteiger partial charge in [-0.05, 0) is 25.0 Å². The third kappa shape index (κ3) is 5.16. The largest absolute Gasteiger partial charge is 0.276 e. The van der Waals surface area contributed by atoms with Gasteiger partial charge in [-0.3, -0.25) is 15.1 Å². The Morgan fingerprint density at radius 2 is 2.13 bits per heavy atom. The summed E-state index contributed by atoms with van der Waals surface area (Å²) in [5.74, 6) is 0.660. The minimum Gasteiger partial charge on any atom is -0.276 e. The number of rotatable bonds is 4. The first kappa shape index (κ1) is 12.5. The van der Waals surface area contributed by atoms with Gasteiger partial charge in [-0.2, -0.15) is 0 Å². The Labute approximate surface area is 94.7 Å². The van der Waals surface area contributed by atoms with Crippen LogP contribution < -0.4 is 0 Å².